The number of aromatic nitrogens is 2. The first-order valence-electron chi connectivity index (χ1n) is 3.67. The number of nitrogens with two attached hydrogens (primary N) is 1. The van der Waals surface area contributed by atoms with Gasteiger partial charge >= 0.3 is 0 Å². The standard InChI is InChI=1S/C7H12N4OS/c1-12-4-6-9-5(11-8)3-7(10-6)13-2/h3H,4,8H2,1-2H3,(H,9,10,11). The number of anilines is 1. The predicted molar refractivity (Wildman–Crippen MR) is 52.3 cm³/mol. The van der Waals surface area contributed by atoms with Gasteiger partial charge in [-0.1, -0.05) is 0 Å². The molecule has 0 fully saturated rings. The van der Waals surface area contributed by atoms with Gasteiger partial charge in [0.1, 0.15) is 17.5 Å². The van der Waals surface area contributed by atoms with Crippen LogP contribution in [0.1, 0.15) is 5.82 Å². The summed E-state index contributed by atoms with van der Waals surface area (Å²) in [5, 5.41) is 0.870. The van der Waals surface area contributed by atoms with Crippen LogP contribution < -0.4 is 11.3 Å². The van der Waals surface area contributed by atoms with Crippen molar-refractivity contribution in [3.8, 4) is 0 Å². The molecule has 0 aromatic carbocycles. The van der Waals surface area contributed by atoms with Gasteiger partial charge in [0, 0.05) is 13.2 Å². The Balaban J connectivity index is 2.93. The zero-order chi connectivity index (χ0) is 9.68. The van der Waals surface area contributed by atoms with Crippen molar-refractivity contribution in [1.82, 2.24) is 9.97 Å². The highest BCUT2D eigenvalue weighted by Crippen LogP contribution is 2.15. The number of nitrogens with zero attached hydrogens (tertiary/aromatic N) is 2. The van der Waals surface area contributed by atoms with Crippen molar-refractivity contribution in [3.05, 3.63) is 11.9 Å². The van der Waals surface area contributed by atoms with Crippen LogP contribution in [0.2, 0.25) is 0 Å². The van der Waals surface area contributed by atoms with Gasteiger partial charge in [-0.25, -0.2) is 15.8 Å². The Morgan fingerprint density at radius 3 is 2.92 bits per heavy atom. The first-order chi connectivity index (χ1) is 6.30. The molecule has 0 saturated heterocycles. The molecule has 0 spiro atoms. The lowest BCUT2D eigenvalue weighted by atomic mass is 10.5. The summed E-state index contributed by atoms with van der Waals surface area (Å²) in [7, 11) is 1.60. The molecule has 1 aromatic rings. The molecule has 0 aliphatic heterocycles. The van der Waals surface area contributed by atoms with E-state index in [0.717, 1.165) is 5.03 Å². The number of nitrogens with one attached hydrogen (secondary N) is 1. The number of hydrazine groups is 1. The van der Waals surface area contributed by atoms with Crippen molar-refractivity contribution < 1.29 is 4.74 Å². The van der Waals surface area contributed by atoms with Crippen molar-refractivity contribution in [1.29, 1.82) is 0 Å². The number of ether oxygens (including phenoxy) is 1. The molecule has 3 N–H and O–H groups in total. The van der Waals surface area contributed by atoms with E-state index in [0.29, 0.717) is 18.2 Å². The molecule has 13 heavy (non-hydrogen) atoms. The van der Waals surface area contributed by atoms with Gasteiger partial charge in [0.15, 0.2) is 5.82 Å². The van der Waals surface area contributed by atoms with E-state index in [9.17, 15) is 0 Å². The van der Waals surface area contributed by atoms with Gasteiger partial charge in [0.2, 0.25) is 0 Å². The topological polar surface area (TPSA) is 73.1 Å². The van der Waals surface area contributed by atoms with E-state index in [-0.39, 0.29) is 0 Å². The van der Waals surface area contributed by atoms with Crippen LogP contribution >= 0.6 is 11.8 Å². The summed E-state index contributed by atoms with van der Waals surface area (Å²) in [5.74, 6) is 6.48. The van der Waals surface area contributed by atoms with E-state index in [1.165, 1.54) is 11.8 Å². The van der Waals surface area contributed by atoms with Gasteiger partial charge in [0.05, 0.1) is 0 Å². The van der Waals surface area contributed by atoms with E-state index in [4.69, 9.17) is 10.6 Å². The zero-order valence-electron chi connectivity index (χ0n) is 7.57. The smallest absolute Gasteiger partial charge is 0.157 e. The molecule has 6 heteroatoms. The molecule has 0 unspecified atom stereocenters. The van der Waals surface area contributed by atoms with E-state index in [1.807, 2.05) is 6.26 Å². The number of methoxy groups -OCH3 is 1. The molecule has 72 valence electrons. The van der Waals surface area contributed by atoms with Gasteiger partial charge in [-0.3, -0.25) is 0 Å². The van der Waals surface area contributed by atoms with Gasteiger partial charge in [-0.05, 0) is 6.26 Å². The van der Waals surface area contributed by atoms with Crippen molar-refractivity contribution >= 4 is 17.6 Å². The number of rotatable bonds is 4. The molecule has 5 nitrogen and oxygen atoms in total. The summed E-state index contributed by atoms with van der Waals surface area (Å²) in [6.07, 6.45) is 1.94. The Bertz CT molecular complexity index is 259. The molecule has 0 atom stereocenters. The van der Waals surface area contributed by atoms with Crippen LogP contribution in [0.15, 0.2) is 11.1 Å². The monoisotopic (exact) mass is 200 g/mol. The molecular weight excluding hydrogens is 188 g/mol. The third kappa shape index (κ3) is 2.83. The quantitative estimate of drug-likeness (QED) is 0.321. The maximum Gasteiger partial charge on any atom is 0.157 e. The molecule has 0 aliphatic carbocycles. The van der Waals surface area contributed by atoms with Gasteiger partial charge in [0.25, 0.3) is 0 Å². The Kier molecular flexibility index (Phi) is 3.94. The lowest BCUT2D eigenvalue weighted by molar-refractivity contribution is 0.177. The van der Waals surface area contributed by atoms with Gasteiger partial charge in [-0.15, -0.1) is 11.8 Å². The van der Waals surface area contributed by atoms with E-state index >= 15 is 0 Å². The summed E-state index contributed by atoms with van der Waals surface area (Å²) in [5.41, 5.74) is 2.48. The average molecular weight is 200 g/mol. The Morgan fingerprint density at radius 2 is 2.38 bits per heavy atom. The minimum Gasteiger partial charge on any atom is -0.377 e. The van der Waals surface area contributed by atoms with Gasteiger partial charge < -0.3 is 10.2 Å². The van der Waals surface area contributed by atoms with Crippen molar-refractivity contribution in [3.63, 3.8) is 0 Å². The minimum absolute atomic E-state index is 0.392. The molecule has 1 aromatic heterocycles. The zero-order valence-corrected chi connectivity index (χ0v) is 8.39. The normalized spacial score (nSPS) is 10.1. The lowest BCUT2D eigenvalue weighted by Gasteiger charge is -2.04. The number of hydrogen-bond acceptors (Lipinski definition) is 6. The summed E-state index contributed by atoms with van der Waals surface area (Å²) in [6, 6.07) is 1.78. The number of nitrogen functional groups attached to an aromatic ring is 1. The summed E-state index contributed by atoms with van der Waals surface area (Å²) >= 11 is 1.54. The number of thioether (sulfide) groups is 1. The second-order valence-corrected chi connectivity index (χ2v) is 3.12. The Labute approximate surface area is 81.1 Å². The van der Waals surface area contributed by atoms with E-state index in [1.54, 1.807) is 13.2 Å². The second-order valence-electron chi connectivity index (χ2n) is 2.29. The molecule has 1 rings (SSSR count). The summed E-state index contributed by atoms with van der Waals surface area (Å²) in [4.78, 5) is 8.32. The average Bonchev–Trinajstić information content (AvgIpc) is 2.17. The van der Waals surface area contributed by atoms with Crippen LogP contribution in [0.5, 0.6) is 0 Å². The molecule has 0 saturated carbocycles. The lowest BCUT2D eigenvalue weighted by Crippen LogP contribution is -2.11. The van der Waals surface area contributed by atoms with Crippen molar-refractivity contribution in [2.24, 2.45) is 5.84 Å². The van der Waals surface area contributed by atoms with Crippen LogP contribution in [-0.4, -0.2) is 23.3 Å². The minimum atomic E-state index is 0.392. The van der Waals surface area contributed by atoms with Crippen LogP contribution in [0.3, 0.4) is 0 Å². The molecule has 0 radical (unpaired) electrons. The fourth-order valence-corrected chi connectivity index (χ4v) is 1.27. The Morgan fingerprint density at radius 1 is 1.62 bits per heavy atom. The molecule has 0 amide bonds. The Hall–Kier alpha value is -0.850. The molecule has 1 heterocycles. The molecular formula is C7H12N4OS. The third-order valence-electron chi connectivity index (χ3n) is 1.38. The maximum atomic E-state index is 5.25. The predicted octanol–water partition coefficient (Wildman–Crippen LogP) is 0.631. The van der Waals surface area contributed by atoms with Crippen LogP contribution in [-0.2, 0) is 11.3 Å². The van der Waals surface area contributed by atoms with Gasteiger partial charge in [-0.2, -0.15) is 0 Å². The first kappa shape index (κ1) is 10.2. The van der Waals surface area contributed by atoms with Crippen LogP contribution in [0.25, 0.3) is 0 Å². The van der Waals surface area contributed by atoms with Crippen LogP contribution in [0, 0.1) is 0 Å². The first-order valence-corrected chi connectivity index (χ1v) is 4.90. The fourth-order valence-electron chi connectivity index (χ4n) is 0.845. The summed E-state index contributed by atoms with van der Waals surface area (Å²) in [6.45, 7) is 0.392. The highest BCUT2D eigenvalue weighted by Gasteiger charge is 2.02. The molecule has 0 aliphatic rings. The second kappa shape index (κ2) is 5.00. The highest BCUT2D eigenvalue weighted by atomic mass is 32.2. The SMILES string of the molecule is COCc1nc(NN)cc(SC)n1. The summed E-state index contributed by atoms with van der Waals surface area (Å²) < 4.78 is 4.92. The highest BCUT2D eigenvalue weighted by molar-refractivity contribution is 7.98. The van der Waals surface area contributed by atoms with Crippen molar-refractivity contribution in [2.45, 2.75) is 11.6 Å². The van der Waals surface area contributed by atoms with Crippen LogP contribution in [0.4, 0.5) is 5.82 Å². The van der Waals surface area contributed by atoms with E-state index < -0.39 is 0 Å². The fraction of sp³-hybridized carbons (Fsp3) is 0.429. The molecule has 0 bridgehead atoms. The maximum absolute atomic E-state index is 5.25. The van der Waals surface area contributed by atoms with E-state index in [2.05, 4.69) is 15.4 Å². The third-order valence-corrected chi connectivity index (χ3v) is 2.01. The number of hydrogen-bond donors (Lipinski definition) is 2. The van der Waals surface area contributed by atoms with Crippen molar-refractivity contribution in [2.75, 3.05) is 18.8 Å². The largest absolute Gasteiger partial charge is 0.377 e.